The van der Waals surface area contributed by atoms with Crippen LogP contribution in [0.1, 0.15) is 42.5 Å². The molecule has 0 fully saturated rings. The summed E-state index contributed by atoms with van der Waals surface area (Å²) in [5.41, 5.74) is 4.12. The summed E-state index contributed by atoms with van der Waals surface area (Å²) in [4.78, 5) is 12.9. The first-order valence-electron chi connectivity index (χ1n) is 10.1. The number of ether oxygens (including phenoxy) is 1. The number of aryl methyl sites for hydroxylation is 2. The van der Waals surface area contributed by atoms with Crippen molar-refractivity contribution in [2.75, 3.05) is 17.1 Å². The zero-order valence-electron chi connectivity index (χ0n) is 17.0. The van der Waals surface area contributed by atoms with Gasteiger partial charge in [0.1, 0.15) is 5.75 Å². The number of hydrogen-bond donors (Lipinski definition) is 1. The Balaban J connectivity index is 1.53. The van der Waals surface area contributed by atoms with Gasteiger partial charge >= 0.3 is 0 Å². The molecule has 1 N–H and O–H groups in total. The van der Waals surface area contributed by atoms with Crippen LogP contribution in [-0.2, 0) is 27.7 Å². The fourth-order valence-corrected chi connectivity index (χ4v) is 5.16. The molecule has 4 rings (SSSR count). The van der Waals surface area contributed by atoms with E-state index in [0.717, 1.165) is 24.7 Å². The van der Waals surface area contributed by atoms with Gasteiger partial charge in [-0.25, -0.2) is 8.42 Å². The second-order valence-corrected chi connectivity index (χ2v) is 10.3. The minimum atomic E-state index is -3.60. The average molecular weight is 449 g/mol. The molecule has 6 nitrogen and oxygen atoms in total. The standard InChI is InChI=1S/C22H25ClN2O4S/c1-14(16-8-7-15-5-3-4-6-17(15)11-16)24-22(26)21-13-25(30(2,27)28)19-12-18(23)9-10-20(19)29-21/h7-12,14,21H,3-6,13H2,1-2H3,(H,24,26)/t14-,21+/m0/s1. The van der Waals surface area contributed by atoms with E-state index >= 15 is 0 Å². The van der Waals surface area contributed by atoms with Crippen LogP contribution in [0.5, 0.6) is 5.75 Å². The van der Waals surface area contributed by atoms with Crippen LogP contribution in [0.25, 0.3) is 0 Å². The van der Waals surface area contributed by atoms with E-state index in [1.165, 1.54) is 34.3 Å². The molecule has 8 heteroatoms. The molecule has 0 bridgehead atoms. The Morgan fingerprint density at radius 2 is 1.90 bits per heavy atom. The van der Waals surface area contributed by atoms with Crippen molar-refractivity contribution in [3.05, 3.63) is 58.1 Å². The van der Waals surface area contributed by atoms with Crippen LogP contribution in [0.2, 0.25) is 5.02 Å². The Morgan fingerprint density at radius 3 is 2.63 bits per heavy atom. The number of fused-ring (bicyclic) bond motifs is 2. The van der Waals surface area contributed by atoms with E-state index in [4.69, 9.17) is 16.3 Å². The predicted molar refractivity (Wildman–Crippen MR) is 118 cm³/mol. The van der Waals surface area contributed by atoms with Crippen molar-refractivity contribution >= 4 is 33.2 Å². The van der Waals surface area contributed by atoms with Crippen LogP contribution in [-0.4, -0.2) is 33.2 Å². The van der Waals surface area contributed by atoms with Gasteiger partial charge in [0.15, 0.2) is 6.10 Å². The van der Waals surface area contributed by atoms with E-state index in [0.29, 0.717) is 16.5 Å². The number of benzene rings is 2. The van der Waals surface area contributed by atoms with Crippen molar-refractivity contribution in [3.8, 4) is 5.75 Å². The molecule has 1 aliphatic carbocycles. The SMILES string of the molecule is C[C@H](NC(=O)[C@H]1CN(S(C)(=O)=O)c2cc(Cl)ccc2O1)c1ccc2c(c1)CCCC2. The Bertz CT molecular complexity index is 1090. The van der Waals surface area contributed by atoms with Gasteiger partial charge in [0.25, 0.3) is 5.91 Å². The highest BCUT2D eigenvalue weighted by Gasteiger charge is 2.35. The largest absolute Gasteiger partial charge is 0.476 e. The Labute approximate surface area is 182 Å². The molecule has 0 aromatic heterocycles. The summed E-state index contributed by atoms with van der Waals surface area (Å²) in [5.74, 6) is -0.0351. The lowest BCUT2D eigenvalue weighted by molar-refractivity contribution is -0.128. The van der Waals surface area contributed by atoms with Crippen LogP contribution < -0.4 is 14.4 Å². The normalized spacial score (nSPS) is 19.3. The fourth-order valence-electron chi connectivity index (χ4n) is 4.09. The third-order valence-electron chi connectivity index (χ3n) is 5.71. The molecule has 160 valence electrons. The molecule has 30 heavy (non-hydrogen) atoms. The highest BCUT2D eigenvalue weighted by Crippen LogP contribution is 2.37. The summed E-state index contributed by atoms with van der Waals surface area (Å²) in [6.45, 7) is 1.82. The molecule has 1 aliphatic heterocycles. The minimum Gasteiger partial charge on any atom is -0.476 e. The lowest BCUT2D eigenvalue weighted by Crippen LogP contribution is -2.50. The molecule has 0 radical (unpaired) electrons. The van der Waals surface area contributed by atoms with Gasteiger partial charge in [0, 0.05) is 5.02 Å². The lowest BCUT2D eigenvalue weighted by atomic mass is 9.89. The van der Waals surface area contributed by atoms with Gasteiger partial charge in [-0.05, 0) is 67.5 Å². The van der Waals surface area contributed by atoms with Gasteiger partial charge in [0.05, 0.1) is 24.5 Å². The minimum absolute atomic E-state index is 0.102. The van der Waals surface area contributed by atoms with Crippen molar-refractivity contribution in [2.45, 2.75) is 44.8 Å². The van der Waals surface area contributed by atoms with E-state index in [-0.39, 0.29) is 18.5 Å². The summed E-state index contributed by atoms with van der Waals surface area (Å²) >= 11 is 6.02. The summed E-state index contributed by atoms with van der Waals surface area (Å²) < 4.78 is 31.6. The Kier molecular flexibility index (Phi) is 5.68. The smallest absolute Gasteiger partial charge is 0.263 e. The van der Waals surface area contributed by atoms with Gasteiger partial charge in [-0.1, -0.05) is 29.8 Å². The summed E-state index contributed by atoms with van der Waals surface area (Å²) in [6.07, 6.45) is 4.75. The number of anilines is 1. The van der Waals surface area contributed by atoms with E-state index in [1.54, 1.807) is 12.1 Å². The first-order valence-corrected chi connectivity index (χ1v) is 12.3. The highest BCUT2D eigenvalue weighted by atomic mass is 35.5. The molecule has 1 amide bonds. The molecule has 0 saturated heterocycles. The lowest BCUT2D eigenvalue weighted by Gasteiger charge is -2.34. The Morgan fingerprint density at radius 1 is 1.17 bits per heavy atom. The van der Waals surface area contributed by atoms with Crippen LogP contribution in [0.4, 0.5) is 5.69 Å². The molecule has 1 heterocycles. The van der Waals surface area contributed by atoms with Gasteiger partial charge in [0.2, 0.25) is 10.0 Å². The maximum absolute atomic E-state index is 12.9. The maximum Gasteiger partial charge on any atom is 0.263 e. The quantitative estimate of drug-likeness (QED) is 0.775. The highest BCUT2D eigenvalue weighted by molar-refractivity contribution is 7.92. The van der Waals surface area contributed by atoms with Crippen LogP contribution in [0, 0.1) is 0 Å². The van der Waals surface area contributed by atoms with Gasteiger partial charge in [-0.2, -0.15) is 0 Å². The third-order valence-corrected chi connectivity index (χ3v) is 7.10. The number of hydrogen-bond acceptors (Lipinski definition) is 4. The Hall–Kier alpha value is -2.25. The number of nitrogens with zero attached hydrogens (tertiary/aromatic N) is 1. The van der Waals surface area contributed by atoms with Gasteiger partial charge in [-0.15, -0.1) is 0 Å². The molecule has 0 unspecified atom stereocenters. The number of rotatable bonds is 4. The third kappa shape index (κ3) is 4.27. The van der Waals surface area contributed by atoms with Crippen LogP contribution >= 0.6 is 11.6 Å². The summed E-state index contributed by atoms with van der Waals surface area (Å²) in [5, 5.41) is 3.37. The first-order chi connectivity index (χ1) is 14.2. The number of nitrogens with one attached hydrogen (secondary N) is 1. The number of carbonyl (C=O) groups is 1. The molecule has 2 aromatic rings. The van der Waals surface area contributed by atoms with Crippen LogP contribution in [0.15, 0.2) is 36.4 Å². The van der Waals surface area contributed by atoms with E-state index in [9.17, 15) is 13.2 Å². The van der Waals surface area contributed by atoms with E-state index < -0.39 is 16.1 Å². The number of amides is 1. The van der Waals surface area contributed by atoms with Gasteiger partial charge in [-0.3, -0.25) is 9.10 Å². The number of carbonyl (C=O) groups excluding carboxylic acids is 1. The maximum atomic E-state index is 12.9. The molecule has 2 aliphatic rings. The second kappa shape index (κ2) is 8.12. The second-order valence-electron chi connectivity index (χ2n) is 7.98. The van der Waals surface area contributed by atoms with Gasteiger partial charge < -0.3 is 10.1 Å². The zero-order chi connectivity index (χ0) is 21.5. The van der Waals surface area contributed by atoms with Crippen LogP contribution in [0.3, 0.4) is 0 Å². The van der Waals surface area contributed by atoms with Crippen molar-refractivity contribution < 1.29 is 17.9 Å². The van der Waals surface area contributed by atoms with Crippen molar-refractivity contribution in [1.82, 2.24) is 5.32 Å². The molecule has 0 saturated carbocycles. The average Bonchev–Trinajstić information content (AvgIpc) is 2.71. The van der Waals surface area contributed by atoms with Crippen molar-refractivity contribution in [1.29, 1.82) is 0 Å². The van der Waals surface area contributed by atoms with E-state index in [1.807, 2.05) is 6.92 Å². The summed E-state index contributed by atoms with van der Waals surface area (Å²) in [6, 6.07) is 10.9. The number of sulfonamides is 1. The van der Waals surface area contributed by atoms with Crippen molar-refractivity contribution in [3.63, 3.8) is 0 Å². The monoisotopic (exact) mass is 448 g/mol. The fraction of sp³-hybridized carbons (Fsp3) is 0.409. The molecule has 2 aromatic carbocycles. The van der Waals surface area contributed by atoms with E-state index in [2.05, 4.69) is 23.5 Å². The van der Waals surface area contributed by atoms with Crippen molar-refractivity contribution in [2.24, 2.45) is 0 Å². The summed E-state index contributed by atoms with van der Waals surface area (Å²) in [7, 11) is -3.60. The molecule has 2 atom stereocenters. The topological polar surface area (TPSA) is 75.7 Å². The molecule has 0 spiro atoms. The molecular formula is C22H25ClN2O4S. The first kappa shape index (κ1) is 21.0. The molecular weight excluding hydrogens is 424 g/mol. The number of halogens is 1. The zero-order valence-corrected chi connectivity index (χ0v) is 18.6. The predicted octanol–water partition coefficient (Wildman–Crippen LogP) is 3.62.